The number of ether oxygens (including phenoxy) is 1. The number of nitrogens with zero attached hydrogens (tertiary/aromatic N) is 1. The molecule has 0 saturated carbocycles. The van der Waals surface area contributed by atoms with Gasteiger partial charge in [-0.2, -0.15) is 5.26 Å². The molecule has 0 saturated heterocycles. The van der Waals surface area contributed by atoms with E-state index in [0.717, 1.165) is 0 Å². The Labute approximate surface area is 135 Å². The van der Waals surface area contributed by atoms with Crippen molar-refractivity contribution >= 4 is 23.4 Å². The van der Waals surface area contributed by atoms with Gasteiger partial charge in [0.15, 0.2) is 0 Å². The van der Waals surface area contributed by atoms with Crippen molar-refractivity contribution in [2.45, 2.75) is 52.2 Å². The van der Waals surface area contributed by atoms with Crippen LogP contribution < -0.4 is 5.32 Å². The molecule has 0 aromatic heterocycles. The number of aryl methyl sites for hydroxylation is 1. The van der Waals surface area contributed by atoms with Gasteiger partial charge in [0, 0.05) is 0 Å². The standard InChI is InChI=1S/C16H21ClN2O3/c1-10(20)5-6-12-7-11(9-18)8-13(14(12)17)19-15(21)22-16(2,3)4/h7-8,10,20H,5-6H2,1-4H3,(H,19,21). The zero-order chi connectivity index (χ0) is 16.9. The second-order valence-electron chi connectivity index (χ2n) is 6.12. The van der Waals surface area contributed by atoms with Crippen LogP contribution in [0.4, 0.5) is 10.5 Å². The quantitative estimate of drug-likeness (QED) is 0.880. The summed E-state index contributed by atoms with van der Waals surface area (Å²) in [5.74, 6) is 0. The molecule has 0 spiro atoms. The number of carbonyl (C=O) groups is 1. The van der Waals surface area contributed by atoms with Gasteiger partial charge in [-0.1, -0.05) is 11.6 Å². The molecule has 1 unspecified atom stereocenters. The molecule has 5 nitrogen and oxygen atoms in total. The first-order valence-corrected chi connectivity index (χ1v) is 7.40. The van der Waals surface area contributed by atoms with E-state index in [1.165, 1.54) is 6.07 Å². The fourth-order valence-electron chi connectivity index (χ4n) is 1.80. The lowest BCUT2D eigenvalue weighted by Crippen LogP contribution is -2.27. The van der Waals surface area contributed by atoms with Gasteiger partial charge >= 0.3 is 6.09 Å². The Hall–Kier alpha value is -1.77. The highest BCUT2D eigenvalue weighted by atomic mass is 35.5. The first-order valence-electron chi connectivity index (χ1n) is 7.03. The Bertz CT molecular complexity index is 586. The van der Waals surface area contributed by atoms with Crippen molar-refractivity contribution in [3.8, 4) is 6.07 Å². The Morgan fingerprint density at radius 1 is 1.50 bits per heavy atom. The number of carbonyl (C=O) groups excluding carboxylic acids is 1. The van der Waals surface area contributed by atoms with Crippen LogP contribution in [0.15, 0.2) is 12.1 Å². The summed E-state index contributed by atoms with van der Waals surface area (Å²) in [5, 5.41) is 21.4. The molecule has 2 N–H and O–H groups in total. The smallest absolute Gasteiger partial charge is 0.412 e. The fourth-order valence-corrected chi connectivity index (χ4v) is 2.05. The van der Waals surface area contributed by atoms with E-state index >= 15 is 0 Å². The van der Waals surface area contributed by atoms with Crippen LogP contribution in [0.2, 0.25) is 5.02 Å². The highest BCUT2D eigenvalue weighted by Gasteiger charge is 2.18. The molecule has 1 aromatic rings. The summed E-state index contributed by atoms with van der Waals surface area (Å²) in [6.45, 7) is 6.96. The molecule has 1 atom stereocenters. The molecular weight excluding hydrogens is 304 g/mol. The minimum Gasteiger partial charge on any atom is -0.444 e. The molecule has 120 valence electrons. The summed E-state index contributed by atoms with van der Waals surface area (Å²) in [6, 6.07) is 5.19. The van der Waals surface area contributed by atoms with Gasteiger partial charge in [0.2, 0.25) is 0 Å². The number of aliphatic hydroxyl groups is 1. The van der Waals surface area contributed by atoms with Crippen LogP contribution in [-0.4, -0.2) is 22.9 Å². The highest BCUT2D eigenvalue weighted by molar-refractivity contribution is 6.34. The Morgan fingerprint density at radius 3 is 2.64 bits per heavy atom. The molecule has 0 bridgehead atoms. The van der Waals surface area contributed by atoms with Crippen molar-refractivity contribution in [1.82, 2.24) is 0 Å². The van der Waals surface area contributed by atoms with Gasteiger partial charge in [-0.25, -0.2) is 4.79 Å². The number of rotatable bonds is 4. The number of amides is 1. The summed E-state index contributed by atoms with van der Waals surface area (Å²) < 4.78 is 5.18. The maximum Gasteiger partial charge on any atom is 0.412 e. The van der Waals surface area contributed by atoms with Crippen molar-refractivity contribution in [2.24, 2.45) is 0 Å². The minimum absolute atomic E-state index is 0.329. The van der Waals surface area contributed by atoms with Crippen molar-refractivity contribution in [2.75, 3.05) is 5.32 Å². The van der Waals surface area contributed by atoms with Gasteiger partial charge in [-0.05, 0) is 58.2 Å². The van der Waals surface area contributed by atoms with E-state index in [4.69, 9.17) is 21.6 Å². The molecule has 1 aromatic carbocycles. The summed E-state index contributed by atoms with van der Waals surface area (Å²) in [5.41, 5.74) is 0.790. The second-order valence-corrected chi connectivity index (χ2v) is 6.50. The maximum atomic E-state index is 11.8. The van der Waals surface area contributed by atoms with Crippen LogP contribution in [0.3, 0.4) is 0 Å². The van der Waals surface area contributed by atoms with Crippen molar-refractivity contribution in [3.63, 3.8) is 0 Å². The lowest BCUT2D eigenvalue weighted by molar-refractivity contribution is 0.0636. The SMILES string of the molecule is CC(O)CCc1cc(C#N)cc(NC(=O)OC(C)(C)C)c1Cl. The van der Waals surface area contributed by atoms with E-state index in [0.29, 0.717) is 34.7 Å². The number of nitrogens with one attached hydrogen (secondary N) is 1. The predicted octanol–water partition coefficient (Wildman–Crippen LogP) is 3.87. The third kappa shape index (κ3) is 5.92. The number of halogens is 1. The number of hydrogen-bond acceptors (Lipinski definition) is 4. The normalized spacial score (nSPS) is 12.4. The molecule has 0 aliphatic rings. The van der Waals surface area contributed by atoms with Crippen LogP contribution in [0.5, 0.6) is 0 Å². The lowest BCUT2D eigenvalue weighted by atomic mass is 10.0. The van der Waals surface area contributed by atoms with E-state index in [9.17, 15) is 9.90 Å². The molecule has 0 radical (unpaired) electrons. The largest absolute Gasteiger partial charge is 0.444 e. The van der Waals surface area contributed by atoms with Crippen molar-refractivity contribution < 1.29 is 14.6 Å². The van der Waals surface area contributed by atoms with Gasteiger partial charge in [0.25, 0.3) is 0 Å². The van der Waals surface area contributed by atoms with Gasteiger partial charge in [-0.15, -0.1) is 0 Å². The average Bonchev–Trinajstić information content (AvgIpc) is 2.37. The summed E-state index contributed by atoms with van der Waals surface area (Å²) in [4.78, 5) is 11.8. The minimum atomic E-state index is -0.633. The predicted molar refractivity (Wildman–Crippen MR) is 86.0 cm³/mol. The highest BCUT2D eigenvalue weighted by Crippen LogP contribution is 2.29. The fraction of sp³-hybridized carbons (Fsp3) is 0.500. The molecule has 6 heteroatoms. The molecule has 0 heterocycles. The Morgan fingerprint density at radius 2 is 2.14 bits per heavy atom. The van der Waals surface area contributed by atoms with Crippen molar-refractivity contribution in [3.05, 3.63) is 28.3 Å². The van der Waals surface area contributed by atoms with E-state index in [-0.39, 0.29) is 0 Å². The van der Waals surface area contributed by atoms with E-state index in [1.54, 1.807) is 33.8 Å². The van der Waals surface area contributed by atoms with Gasteiger partial charge in [0.1, 0.15) is 5.60 Å². The third-order valence-corrected chi connectivity index (χ3v) is 3.19. The Kier molecular flexibility index (Phi) is 6.21. The topological polar surface area (TPSA) is 82.4 Å². The maximum absolute atomic E-state index is 11.8. The molecule has 0 fully saturated rings. The number of benzene rings is 1. The average molecular weight is 325 g/mol. The van der Waals surface area contributed by atoms with Crippen LogP contribution in [0.25, 0.3) is 0 Å². The van der Waals surface area contributed by atoms with Crippen LogP contribution in [0.1, 0.15) is 45.2 Å². The summed E-state index contributed by atoms with van der Waals surface area (Å²) >= 11 is 6.28. The number of anilines is 1. The molecule has 1 amide bonds. The first kappa shape index (κ1) is 18.3. The first-order chi connectivity index (χ1) is 10.1. The Balaban J connectivity index is 3.01. The zero-order valence-electron chi connectivity index (χ0n) is 13.2. The number of hydrogen-bond donors (Lipinski definition) is 2. The van der Waals surface area contributed by atoms with E-state index in [1.807, 2.05) is 6.07 Å². The molecule has 0 aliphatic carbocycles. The molecular formula is C16H21ClN2O3. The summed E-state index contributed by atoms with van der Waals surface area (Å²) in [7, 11) is 0. The van der Waals surface area contributed by atoms with Gasteiger partial charge in [0.05, 0.1) is 28.4 Å². The van der Waals surface area contributed by atoms with Gasteiger partial charge < -0.3 is 9.84 Å². The molecule has 22 heavy (non-hydrogen) atoms. The van der Waals surface area contributed by atoms with Crippen molar-refractivity contribution in [1.29, 1.82) is 5.26 Å². The third-order valence-electron chi connectivity index (χ3n) is 2.74. The van der Waals surface area contributed by atoms with Crippen LogP contribution in [0, 0.1) is 11.3 Å². The number of aliphatic hydroxyl groups excluding tert-OH is 1. The molecule has 1 rings (SSSR count). The van der Waals surface area contributed by atoms with E-state index in [2.05, 4.69) is 5.32 Å². The van der Waals surface area contributed by atoms with E-state index < -0.39 is 17.8 Å². The summed E-state index contributed by atoms with van der Waals surface area (Å²) in [6.07, 6.45) is -0.0785. The van der Waals surface area contributed by atoms with Gasteiger partial charge in [-0.3, -0.25) is 5.32 Å². The monoisotopic (exact) mass is 324 g/mol. The van der Waals surface area contributed by atoms with Crippen LogP contribution >= 0.6 is 11.6 Å². The lowest BCUT2D eigenvalue weighted by Gasteiger charge is -2.20. The molecule has 0 aliphatic heterocycles. The zero-order valence-corrected chi connectivity index (χ0v) is 14.0. The second kappa shape index (κ2) is 7.48. The number of nitriles is 1. The van der Waals surface area contributed by atoms with Crippen LogP contribution in [-0.2, 0) is 11.2 Å².